The average molecular weight is 282 g/mol. The van der Waals surface area contributed by atoms with Crippen molar-refractivity contribution in [2.45, 2.75) is 45.1 Å². The summed E-state index contributed by atoms with van der Waals surface area (Å²) < 4.78 is 5.48. The molecule has 2 unspecified atom stereocenters. The lowest BCUT2D eigenvalue weighted by Gasteiger charge is -2.30. The third-order valence-electron chi connectivity index (χ3n) is 4.01. The molecule has 1 aromatic rings. The van der Waals surface area contributed by atoms with Crippen molar-refractivity contribution in [3.05, 3.63) is 16.5 Å². The Morgan fingerprint density at radius 2 is 2.05 bits per heavy atom. The third-order valence-corrected chi connectivity index (χ3v) is 4.38. The SMILES string of the molecule is Cc1c(Cl)nc(C2CC2)nc1NC1CCOCC1C. The summed E-state index contributed by atoms with van der Waals surface area (Å²) in [5, 5.41) is 4.13. The van der Waals surface area contributed by atoms with Crippen molar-refractivity contribution in [3.8, 4) is 0 Å². The summed E-state index contributed by atoms with van der Waals surface area (Å²) in [5.41, 5.74) is 0.949. The fourth-order valence-corrected chi connectivity index (χ4v) is 2.62. The smallest absolute Gasteiger partial charge is 0.137 e. The Kier molecular flexibility index (Phi) is 3.63. The van der Waals surface area contributed by atoms with Crippen LogP contribution in [-0.4, -0.2) is 29.2 Å². The summed E-state index contributed by atoms with van der Waals surface area (Å²) in [7, 11) is 0. The van der Waals surface area contributed by atoms with Crippen molar-refractivity contribution in [1.82, 2.24) is 9.97 Å². The molecule has 0 amide bonds. The van der Waals surface area contributed by atoms with Gasteiger partial charge in [-0.1, -0.05) is 18.5 Å². The van der Waals surface area contributed by atoms with Crippen LogP contribution >= 0.6 is 11.6 Å². The molecule has 2 fully saturated rings. The Balaban J connectivity index is 1.82. The highest BCUT2D eigenvalue weighted by atomic mass is 35.5. The number of ether oxygens (including phenoxy) is 1. The number of hydrogen-bond donors (Lipinski definition) is 1. The van der Waals surface area contributed by atoms with Crippen LogP contribution in [0.5, 0.6) is 0 Å². The molecule has 1 aliphatic heterocycles. The quantitative estimate of drug-likeness (QED) is 0.865. The minimum absolute atomic E-state index is 0.408. The molecule has 2 atom stereocenters. The van der Waals surface area contributed by atoms with Crippen molar-refractivity contribution in [3.63, 3.8) is 0 Å². The zero-order valence-electron chi connectivity index (χ0n) is 11.4. The fraction of sp³-hybridized carbons (Fsp3) is 0.714. The second-order valence-electron chi connectivity index (χ2n) is 5.71. The molecule has 0 bridgehead atoms. The second kappa shape index (κ2) is 5.25. The predicted molar refractivity (Wildman–Crippen MR) is 75.8 cm³/mol. The average Bonchev–Trinajstić information content (AvgIpc) is 3.21. The molecule has 19 heavy (non-hydrogen) atoms. The molecule has 4 nitrogen and oxygen atoms in total. The van der Waals surface area contributed by atoms with Gasteiger partial charge in [0.2, 0.25) is 0 Å². The van der Waals surface area contributed by atoms with Gasteiger partial charge in [0.05, 0.1) is 6.61 Å². The topological polar surface area (TPSA) is 47.0 Å². The van der Waals surface area contributed by atoms with Crippen molar-refractivity contribution in [2.75, 3.05) is 18.5 Å². The maximum Gasteiger partial charge on any atom is 0.137 e. The van der Waals surface area contributed by atoms with E-state index in [1.807, 2.05) is 6.92 Å². The van der Waals surface area contributed by atoms with Gasteiger partial charge in [-0.3, -0.25) is 0 Å². The number of rotatable bonds is 3. The Bertz CT molecular complexity index is 476. The molecular formula is C14H20ClN3O. The van der Waals surface area contributed by atoms with Crippen LogP contribution in [0.1, 0.15) is 43.5 Å². The van der Waals surface area contributed by atoms with E-state index < -0.39 is 0 Å². The maximum atomic E-state index is 6.23. The van der Waals surface area contributed by atoms with Crippen molar-refractivity contribution >= 4 is 17.4 Å². The minimum Gasteiger partial charge on any atom is -0.381 e. The van der Waals surface area contributed by atoms with Gasteiger partial charge in [0.25, 0.3) is 0 Å². The highest BCUT2D eigenvalue weighted by molar-refractivity contribution is 6.30. The Morgan fingerprint density at radius 1 is 1.26 bits per heavy atom. The van der Waals surface area contributed by atoms with Gasteiger partial charge in [-0.2, -0.15) is 0 Å². The van der Waals surface area contributed by atoms with Gasteiger partial charge in [-0.25, -0.2) is 9.97 Å². The zero-order chi connectivity index (χ0) is 13.4. The summed E-state index contributed by atoms with van der Waals surface area (Å²) in [5.74, 6) is 2.82. The van der Waals surface area contributed by atoms with E-state index >= 15 is 0 Å². The molecule has 0 aromatic carbocycles. The number of nitrogens with one attached hydrogen (secondary N) is 1. The molecule has 1 aromatic heterocycles. The highest BCUT2D eigenvalue weighted by Crippen LogP contribution is 2.39. The van der Waals surface area contributed by atoms with Gasteiger partial charge in [0.1, 0.15) is 16.8 Å². The first-order chi connectivity index (χ1) is 9.15. The summed E-state index contributed by atoms with van der Waals surface area (Å²) in [4.78, 5) is 9.07. The van der Waals surface area contributed by atoms with E-state index in [0.29, 0.717) is 23.0 Å². The van der Waals surface area contributed by atoms with Crippen LogP contribution in [0, 0.1) is 12.8 Å². The second-order valence-corrected chi connectivity index (χ2v) is 6.07. The Labute approximate surface area is 118 Å². The summed E-state index contributed by atoms with van der Waals surface area (Å²) >= 11 is 6.23. The molecule has 1 N–H and O–H groups in total. The molecule has 0 spiro atoms. The van der Waals surface area contributed by atoms with Crippen molar-refractivity contribution < 1.29 is 4.74 Å². The van der Waals surface area contributed by atoms with E-state index in [1.54, 1.807) is 0 Å². The molecule has 1 saturated carbocycles. The Hall–Kier alpha value is -0.870. The molecular weight excluding hydrogens is 262 g/mol. The first-order valence-electron chi connectivity index (χ1n) is 7.03. The van der Waals surface area contributed by atoms with Gasteiger partial charge in [0.15, 0.2) is 0 Å². The van der Waals surface area contributed by atoms with Crippen LogP contribution in [0.4, 0.5) is 5.82 Å². The van der Waals surface area contributed by atoms with Crippen LogP contribution in [0.15, 0.2) is 0 Å². The molecule has 104 valence electrons. The number of hydrogen-bond acceptors (Lipinski definition) is 4. The molecule has 1 saturated heterocycles. The van der Waals surface area contributed by atoms with Crippen LogP contribution in [0.25, 0.3) is 0 Å². The lowest BCUT2D eigenvalue weighted by atomic mass is 9.98. The molecule has 3 rings (SSSR count). The van der Waals surface area contributed by atoms with Gasteiger partial charge >= 0.3 is 0 Å². The monoisotopic (exact) mass is 281 g/mol. The molecule has 2 heterocycles. The first-order valence-corrected chi connectivity index (χ1v) is 7.41. The summed E-state index contributed by atoms with van der Waals surface area (Å²) in [6, 6.07) is 0.408. The van der Waals surface area contributed by atoms with Crippen LogP contribution in [0.2, 0.25) is 5.15 Å². The Morgan fingerprint density at radius 3 is 2.74 bits per heavy atom. The molecule has 1 aliphatic carbocycles. The van der Waals surface area contributed by atoms with E-state index in [4.69, 9.17) is 16.3 Å². The largest absolute Gasteiger partial charge is 0.381 e. The van der Waals surface area contributed by atoms with Crippen LogP contribution in [-0.2, 0) is 4.74 Å². The van der Waals surface area contributed by atoms with Gasteiger partial charge in [0, 0.05) is 24.1 Å². The standard InChI is InChI=1S/C14H20ClN3O/c1-8-7-19-6-5-11(8)16-13-9(2)12(15)17-14(18-13)10-3-4-10/h8,10-11H,3-7H2,1-2H3,(H,16,17,18). The fourth-order valence-electron chi connectivity index (χ4n) is 2.44. The van der Waals surface area contributed by atoms with Crippen LogP contribution in [0.3, 0.4) is 0 Å². The van der Waals surface area contributed by atoms with Gasteiger partial charge in [-0.05, 0) is 32.1 Å². The number of aromatic nitrogens is 2. The van der Waals surface area contributed by atoms with E-state index in [2.05, 4.69) is 22.2 Å². The molecule has 0 radical (unpaired) electrons. The molecule has 2 aliphatic rings. The van der Waals surface area contributed by atoms with Crippen molar-refractivity contribution in [1.29, 1.82) is 0 Å². The lowest BCUT2D eigenvalue weighted by molar-refractivity contribution is 0.0536. The van der Waals surface area contributed by atoms with Crippen LogP contribution < -0.4 is 5.32 Å². The lowest BCUT2D eigenvalue weighted by Crippen LogP contribution is -2.36. The maximum absolute atomic E-state index is 6.23. The summed E-state index contributed by atoms with van der Waals surface area (Å²) in [6.45, 7) is 5.81. The van der Waals surface area contributed by atoms with Crippen molar-refractivity contribution in [2.24, 2.45) is 5.92 Å². The molecule has 5 heteroatoms. The van der Waals surface area contributed by atoms with E-state index in [9.17, 15) is 0 Å². The number of halogens is 1. The number of anilines is 1. The normalized spacial score (nSPS) is 27.3. The third kappa shape index (κ3) is 2.84. The van der Waals surface area contributed by atoms with Gasteiger partial charge in [-0.15, -0.1) is 0 Å². The van der Waals surface area contributed by atoms with E-state index in [0.717, 1.165) is 36.8 Å². The first kappa shape index (κ1) is 13.1. The van der Waals surface area contributed by atoms with Gasteiger partial charge < -0.3 is 10.1 Å². The van der Waals surface area contributed by atoms with E-state index in [-0.39, 0.29) is 0 Å². The predicted octanol–water partition coefficient (Wildman–Crippen LogP) is 3.15. The minimum atomic E-state index is 0.408. The van der Waals surface area contributed by atoms with E-state index in [1.165, 1.54) is 12.8 Å². The number of nitrogens with zero attached hydrogens (tertiary/aromatic N) is 2. The summed E-state index contributed by atoms with van der Waals surface area (Å²) in [6.07, 6.45) is 3.39. The highest BCUT2D eigenvalue weighted by Gasteiger charge is 2.29. The zero-order valence-corrected chi connectivity index (χ0v) is 12.2.